The molecule has 0 aliphatic carbocycles. The second kappa shape index (κ2) is 11.4. The number of rotatable bonds is 8. The minimum absolute atomic E-state index is 0.0187. The molecule has 0 bridgehead atoms. The zero-order valence-corrected chi connectivity index (χ0v) is 20.8. The molecule has 7 heteroatoms. The van der Waals surface area contributed by atoms with Crippen molar-refractivity contribution in [1.29, 1.82) is 0 Å². The van der Waals surface area contributed by atoms with E-state index in [9.17, 15) is 9.18 Å². The third-order valence-corrected chi connectivity index (χ3v) is 7.49. The number of halogens is 1. The third kappa shape index (κ3) is 6.15. The number of amides is 1. The Kier molecular flexibility index (Phi) is 7.67. The molecule has 1 unspecified atom stereocenters. The molecule has 1 atom stereocenters. The van der Waals surface area contributed by atoms with Crippen molar-refractivity contribution in [2.24, 2.45) is 5.92 Å². The van der Waals surface area contributed by atoms with Gasteiger partial charge in [0.15, 0.2) is 0 Å². The van der Waals surface area contributed by atoms with Gasteiger partial charge in [0.1, 0.15) is 11.6 Å². The zero-order valence-electron chi connectivity index (χ0n) is 20.0. The first-order valence-corrected chi connectivity index (χ1v) is 13.1. The van der Waals surface area contributed by atoms with Crippen molar-refractivity contribution in [1.82, 2.24) is 14.7 Å². The number of nitrogens with one attached hydrogen (secondary N) is 1. The lowest BCUT2D eigenvalue weighted by molar-refractivity contribution is -0.126. The molecule has 1 N–H and O–H groups in total. The number of hydrogen-bond donors (Lipinski definition) is 1. The van der Waals surface area contributed by atoms with Crippen molar-refractivity contribution in [3.63, 3.8) is 0 Å². The second-order valence-electron chi connectivity index (χ2n) is 9.22. The topological polar surface area (TPSA) is 58.1 Å². The molecule has 184 valence electrons. The fourth-order valence-corrected chi connectivity index (χ4v) is 5.38. The lowest BCUT2D eigenvalue weighted by Gasteiger charge is -2.32. The summed E-state index contributed by atoms with van der Waals surface area (Å²) in [6.45, 7) is 1.55. The number of nitrogens with zero attached hydrogens (tertiary/aromatic N) is 3. The van der Waals surface area contributed by atoms with Crippen LogP contribution in [0.4, 0.5) is 9.52 Å². The van der Waals surface area contributed by atoms with Gasteiger partial charge in [-0.15, -0.1) is 0 Å². The highest BCUT2D eigenvalue weighted by Crippen LogP contribution is 2.27. The van der Waals surface area contributed by atoms with Gasteiger partial charge in [-0.3, -0.25) is 4.79 Å². The average Bonchev–Trinajstić information content (AvgIpc) is 3.39. The fraction of sp³-hybridized carbons (Fsp3) is 0.276. The molecule has 4 aromatic rings. The molecule has 5 rings (SSSR count). The van der Waals surface area contributed by atoms with Crippen LogP contribution in [-0.2, 0) is 17.6 Å². The molecule has 36 heavy (non-hydrogen) atoms. The molecule has 1 aromatic heterocycles. The molecule has 0 saturated carbocycles. The summed E-state index contributed by atoms with van der Waals surface area (Å²) in [4.78, 5) is 20.2. The molecule has 5 nitrogen and oxygen atoms in total. The monoisotopic (exact) mass is 500 g/mol. The molecule has 1 aliphatic heterocycles. The van der Waals surface area contributed by atoms with Crippen LogP contribution in [0.3, 0.4) is 0 Å². The van der Waals surface area contributed by atoms with Gasteiger partial charge in [-0.05, 0) is 48.1 Å². The molecule has 1 amide bonds. The molecular formula is C29H29FN4OS. The van der Waals surface area contributed by atoms with Crippen molar-refractivity contribution < 1.29 is 9.18 Å². The summed E-state index contributed by atoms with van der Waals surface area (Å²) < 4.78 is 17.6. The molecule has 1 fully saturated rings. The van der Waals surface area contributed by atoms with Gasteiger partial charge in [0.05, 0.1) is 6.04 Å². The Hall–Kier alpha value is -3.58. The van der Waals surface area contributed by atoms with Gasteiger partial charge in [0.2, 0.25) is 11.0 Å². The summed E-state index contributed by atoms with van der Waals surface area (Å²) in [5, 5.41) is 4.22. The molecule has 3 aromatic carbocycles. The largest absolute Gasteiger partial charge is 0.349 e. The van der Waals surface area contributed by atoms with E-state index in [0.29, 0.717) is 6.42 Å². The van der Waals surface area contributed by atoms with Crippen molar-refractivity contribution in [2.45, 2.75) is 31.7 Å². The maximum absolute atomic E-state index is 13.3. The number of benzene rings is 3. The van der Waals surface area contributed by atoms with Crippen LogP contribution in [0.1, 0.15) is 41.4 Å². The molecule has 1 saturated heterocycles. The zero-order chi connectivity index (χ0) is 24.7. The predicted molar refractivity (Wildman–Crippen MR) is 142 cm³/mol. The molecule has 0 spiro atoms. The van der Waals surface area contributed by atoms with E-state index in [-0.39, 0.29) is 23.7 Å². The van der Waals surface area contributed by atoms with E-state index >= 15 is 0 Å². The minimum Gasteiger partial charge on any atom is -0.349 e. The Bertz CT molecular complexity index is 1260. The lowest BCUT2D eigenvalue weighted by Crippen LogP contribution is -2.42. The van der Waals surface area contributed by atoms with E-state index in [4.69, 9.17) is 4.98 Å². The van der Waals surface area contributed by atoms with Gasteiger partial charge < -0.3 is 10.2 Å². The number of carbonyl (C=O) groups excluding carboxylic acids is 1. The highest BCUT2D eigenvalue weighted by Gasteiger charge is 2.28. The first kappa shape index (κ1) is 24.1. The average molecular weight is 501 g/mol. The fourth-order valence-electron chi connectivity index (χ4n) is 4.64. The van der Waals surface area contributed by atoms with Crippen LogP contribution in [-0.4, -0.2) is 28.4 Å². The van der Waals surface area contributed by atoms with Crippen LogP contribution in [0.25, 0.3) is 0 Å². The van der Waals surface area contributed by atoms with Crippen LogP contribution in [0.2, 0.25) is 0 Å². The predicted octanol–water partition coefficient (Wildman–Crippen LogP) is 5.58. The molecular weight excluding hydrogens is 471 g/mol. The summed E-state index contributed by atoms with van der Waals surface area (Å²) in [6.07, 6.45) is 2.91. The highest BCUT2D eigenvalue weighted by atomic mass is 32.1. The summed E-state index contributed by atoms with van der Waals surface area (Å²) in [5.41, 5.74) is 3.31. The van der Waals surface area contributed by atoms with Gasteiger partial charge in [-0.1, -0.05) is 72.8 Å². The van der Waals surface area contributed by atoms with E-state index in [2.05, 4.69) is 38.9 Å². The van der Waals surface area contributed by atoms with Crippen LogP contribution in [0.15, 0.2) is 84.9 Å². The van der Waals surface area contributed by atoms with E-state index < -0.39 is 0 Å². The van der Waals surface area contributed by atoms with E-state index in [1.54, 1.807) is 12.1 Å². The maximum Gasteiger partial charge on any atom is 0.223 e. The minimum atomic E-state index is -0.243. The van der Waals surface area contributed by atoms with E-state index in [1.807, 2.05) is 36.4 Å². The Balaban J connectivity index is 1.18. The summed E-state index contributed by atoms with van der Waals surface area (Å²) >= 11 is 1.39. The summed E-state index contributed by atoms with van der Waals surface area (Å²) in [5.74, 6) is 0.601. The second-order valence-corrected chi connectivity index (χ2v) is 9.95. The van der Waals surface area contributed by atoms with E-state index in [1.165, 1.54) is 29.2 Å². The normalized spacial score (nSPS) is 15.0. The SMILES string of the molecule is O=C(NC(Cc1ccccc1)c1ccccc1)C1CCN(c2nc(Cc3ccc(F)cc3)ns2)CC1. The number of carbonyl (C=O) groups is 1. The van der Waals surface area contributed by atoms with Crippen molar-refractivity contribution in [2.75, 3.05) is 18.0 Å². The van der Waals surface area contributed by atoms with Crippen LogP contribution in [0, 0.1) is 11.7 Å². The summed E-state index contributed by atoms with van der Waals surface area (Å²) in [7, 11) is 0. The number of hydrogen-bond acceptors (Lipinski definition) is 5. The first-order chi connectivity index (χ1) is 17.6. The van der Waals surface area contributed by atoms with Crippen LogP contribution < -0.4 is 10.2 Å². The molecule has 1 aliphatic rings. The molecule has 0 radical (unpaired) electrons. The van der Waals surface area contributed by atoms with Gasteiger partial charge in [-0.2, -0.15) is 4.37 Å². The van der Waals surface area contributed by atoms with Gasteiger partial charge >= 0.3 is 0 Å². The first-order valence-electron chi connectivity index (χ1n) is 12.4. The third-order valence-electron chi connectivity index (χ3n) is 6.67. The van der Waals surface area contributed by atoms with Crippen molar-refractivity contribution in [3.05, 3.63) is 113 Å². The van der Waals surface area contributed by atoms with Crippen LogP contribution >= 0.6 is 11.5 Å². The summed E-state index contributed by atoms with van der Waals surface area (Å²) in [6, 6.07) is 26.9. The Morgan fingerprint density at radius 2 is 1.61 bits per heavy atom. The highest BCUT2D eigenvalue weighted by molar-refractivity contribution is 7.09. The smallest absolute Gasteiger partial charge is 0.223 e. The number of piperidine rings is 1. The van der Waals surface area contributed by atoms with Gasteiger partial charge in [0, 0.05) is 37.0 Å². The standard InChI is InChI=1S/C29H29FN4OS/c30-25-13-11-22(12-14-25)20-27-32-29(36-33-27)34-17-15-24(16-18-34)28(35)31-26(23-9-5-2-6-10-23)19-21-7-3-1-4-8-21/h1-14,24,26H,15-20H2,(H,31,35). The quantitative estimate of drug-likeness (QED) is 0.343. The van der Waals surface area contributed by atoms with Crippen molar-refractivity contribution >= 4 is 22.6 Å². The Labute approximate surface area is 215 Å². The molecule has 2 heterocycles. The van der Waals surface area contributed by atoms with E-state index in [0.717, 1.165) is 54.4 Å². The Morgan fingerprint density at radius 1 is 0.944 bits per heavy atom. The Morgan fingerprint density at radius 3 is 2.31 bits per heavy atom. The lowest BCUT2D eigenvalue weighted by atomic mass is 9.94. The van der Waals surface area contributed by atoms with Gasteiger partial charge in [-0.25, -0.2) is 9.37 Å². The van der Waals surface area contributed by atoms with Gasteiger partial charge in [0.25, 0.3) is 0 Å². The van der Waals surface area contributed by atoms with Crippen molar-refractivity contribution in [3.8, 4) is 0 Å². The maximum atomic E-state index is 13.3. The van der Waals surface area contributed by atoms with Crippen LogP contribution in [0.5, 0.6) is 0 Å². The number of anilines is 1. The number of aromatic nitrogens is 2.